The van der Waals surface area contributed by atoms with Crippen LogP contribution in [-0.4, -0.2) is 52.8 Å². The Hall–Kier alpha value is -1.79. The highest BCUT2D eigenvalue weighted by Gasteiger charge is 2.40. The van der Waals surface area contributed by atoms with Gasteiger partial charge in [0.15, 0.2) is 5.60 Å². The summed E-state index contributed by atoms with van der Waals surface area (Å²) in [6, 6.07) is 5.39. The first-order chi connectivity index (χ1) is 10.9. The van der Waals surface area contributed by atoms with Crippen molar-refractivity contribution < 1.29 is 24.5 Å². The van der Waals surface area contributed by atoms with Gasteiger partial charge in [-0.3, -0.25) is 4.79 Å². The van der Waals surface area contributed by atoms with E-state index in [1.165, 1.54) is 0 Å². The number of benzene rings is 1. The van der Waals surface area contributed by atoms with Crippen LogP contribution in [0.15, 0.2) is 18.2 Å². The number of likely N-dealkylation sites (tertiary alicyclic amines) is 1. The minimum atomic E-state index is -1.71. The highest BCUT2D eigenvalue weighted by molar-refractivity contribution is 6.32. The summed E-state index contributed by atoms with van der Waals surface area (Å²) >= 11 is 6.05. The second-order valence-electron chi connectivity index (χ2n) is 5.69. The summed E-state index contributed by atoms with van der Waals surface area (Å²) in [6.45, 7) is 0.510. The predicted octanol–water partition coefficient (Wildman–Crippen LogP) is 1.72. The lowest BCUT2D eigenvalue weighted by Crippen LogP contribution is -2.50. The van der Waals surface area contributed by atoms with E-state index in [1.54, 1.807) is 24.1 Å². The minimum absolute atomic E-state index is 0.0515. The Kier molecular flexibility index (Phi) is 5.49. The minimum Gasteiger partial charge on any atom is -0.495 e. The summed E-state index contributed by atoms with van der Waals surface area (Å²) in [5, 5.41) is 19.3. The number of piperidine rings is 1. The molecule has 0 spiro atoms. The van der Waals surface area contributed by atoms with Gasteiger partial charge in [-0.25, -0.2) is 4.79 Å². The largest absolute Gasteiger partial charge is 0.495 e. The van der Waals surface area contributed by atoms with Gasteiger partial charge in [0.05, 0.1) is 12.1 Å². The van der Waals surface area contributed by atoms with Crippen molar-refractivity contribution in [1.29, 1.82) is 0 Å². The second kappa shape index (κ2) is 7.19. The monoisotopic (exact) mass is 341 g/mol. The zero-order chi connectivity index (χ0) is 17.0. The number of carbonyl (C=O) groups excluding carboxylic acids is 1. The van der Waals surface area contributed by atoms with Gasteiger partial charge in [0.2, 0.25) is 5.91 Å². The van der Waals surface area contributed by atoms with Gasteiger partial charge in [-0.2, -0.15) is 0 Å². The molecular formula is C16H20ClNO5. The molecule has 1 aliphatic rings. The van der Waals surface area contributed by atoms with Gasteiger partial charge in [0.1, 0.15) is 5.75 Å². The molecule has 1 amide bonds. The summed E-state index contributed by atoms with van der Waals surface area (Å²) < 4.78 is 5.08. The first-order valence-electron chi connectivity index (χ1n) is 7.42. The van der Waals surface area contributed by atoms with Crippen molar-refractivity contribution in [3.63, 3.8) is 0 Å². The van der Waals surface area contributed by atoms with Gasteiger partial charge in [-0.15, -0.1) is 0 Å². The van der Waals surface area contributed by atoms with Crippen LogP contribution in [0.4, 0.5) is 0 Å². The van der Waals surface area contributed by atoms with Crippen molar-refractivity contribution in [2.45, 2.75) is 31.3 Å². The molecule has 0 bridgehead atoms. The molecule has 2 rings (SSSR count). The van der Waals surface area contributed by atoms with Gasteiger partial charge in [0, 0.05) is 32.4 Å². The molecule has 1 heterocycles. The number of ether oxygens (including phenoxy) is 1. The third kappa shape index (κ3) is 4.14. The highest BCUT2D eigenvalue weighted by atomic mass is 35.5. The van der Waals surface area contributed by atoms with Gasteiger partial charge < -0.3 is 19.8 Å². The van der Waals surface area contributed by atoms with Crippen LogP contribution in [-0.2, 0) is 16.0 Å². The maximum atomic E-state index is 12.2. The smallest absolute Gasteiger partial charge is 0.335 e. The molecule has 23 heavy (non-hydrogen) atoms. The van der Waals surface area contributed by atoms with Gasteiger partial charge in [-0.05, 0) is 24.1 Å². The second-order valence-corrected chi connectivity index (χ2v) is 6.09. The third-order valence-corrected chi connectivity index (χ3v) is 4.48. The molecule has 2 N–H and O–H groups in total. The molecule has 0 radical (unpaired) electrons. The average Bonchev–Trinajstić information content (AvgIpc) is 2.53. The summed E-state index contributed by atoms with van der Waals surface area (Å²) in [5.74, 6) is -0.687. The molecule has 6 nitrogen and oxygen atoms in total. The number of hydrogen-bond donors (Lipinski definition) is 2. The number of aryl methyl sites for hydroxylation is 1. The van der Waals surface area contributed by atoms with Crippen LogP contribution in [0.5, 0.6) is 5.75 Å². The number of carbonyl (C=O) groups is 2. The molecule has 7 heteroatoms. The molecule has 1 saturated heterocycles. The Morgan fingerprint density at radius 1 is 1.35 bits per heavy atom. The van der Waals surface area contributed by atoms with Crippen LogP contribution >= 0.6 is 11.6 Å². The SMILES string of the molecule is COc1ccc(CCC(=O)N2CCC(O)(C(=O)O)CC2)cc1Cl. The summed E-state index contributed by atoms with van der Waals surface area (Å²) in [6.07, 6.45) is 0.973. The maximum Gasteiger partial charge on any atom is 0.335 e. The first-order valence-corrected chi connectivity index (χ1v) is 7.79. The number of methoxy groups -OCH3 is 1. The normalized spacial score (nSPS) is 16.9. The van der Waals surface area contributed by atoms with Crippen LogP contribution in [0.25, 0.3) is 0 Å². The number of nitrogens with zero attached hydrogens (tertiary/aromatic N) is 1. The molecule has 0 saturated carbocycles. The van der Waals surface area contributed by atoms with Gasteiger partial charge >= 0.3 is 5.97 Å². The number of halogens is 1. The van der Waals surface area contributed by atoms with Gasteiger partial charge in [0.25, 0.3) is 0 Å². The van der Waals surface area contributed by atoms with E-state index in [-0.39, 0.29) is 31.8 Å². The maximum absolute atomic E-state index is 12.2. The van der Waals surface area contributed by atoms with Crippen LogP contribution < -0.4 is 4.74 Å². The van der Waals surface area contributed by atoms with Crippen molar-refractivity contribution in [3.05, 3.63) is 28.8 Å². The Bertz CT molecular complexity index is 596. The molecule has 1 aromatic carbocycles. The van der Waals surface area contributed by atoms with E-state index >= 15 is 0 Å². The molecule has 1 aliphatic heterocycles. The first kappa shape index (κ1) is 17.6. The van der Waals surface area contributed by atoms with Crippen LogP contribution in [0.1, 0.15) is 24.8 Å². The van der Waals surface area contributed by atoms with E-state index in [0.29, 0.717) is 23.6 Å². The summed E-state index contributed by atoms with van der Waals surface area (Å²) in [5.41, 5.74) is -0.775. The lowest BCUT2D eigenvalue weighted by Gasteiger charge is -2.35. The zero-order valence-electron chi connectivity index (χ0n) is 12.9. The van der Waals surface area contributed by atoms with E-state index in [1.807, 2.05) is 6.07 Å². The fraction of sp³-hybridized carbons (Fsp3) is 0.500. The molecule has 126 valence electrons. The van der Waals surface area contributed by atoms with Crippen LogP contribution in [0, 0.1) is 0 Å². The van der Waals surface area contributed by atoms with Crippen molar-refractivity contribution in [2.24, 2.45) is 0 Å². The van der Waals surface area contributed by atoms with E-state index in [4.69, 9.17) is 21.4 Å². The average molecular weight is 342 g/mol. The topological polar surface area (TPSA) is 87.1 Å². The highest BCUT2D eigenvalue weighted by Crippen LogP contribution is 2.26. The number of carboxylic acid groups (broad SMARTS) is 1. The summed E-state index contributed by atoms with van der Waals surface area (Å²) in [4.78, 5) is 24.8. The van der Waals surface area contributed by atoms with E-state index < -0.39 is 11.6 Å². The molecule has 0 unspecified atom stereocenters. The van der Waals surface area contributed by atoms with Crippen molar-refractivity contribution in [2.75, 3.05) is 20.2 Å². The molecule has 0 aliphatic carbocycles. The number of rotatable bonds is 5. The molecule has 0 aromatic heterocycles. The number of hydrogen-bond acceptors (Lipinski definition) is 4. The van der Waals surface area contributed by atoms with Crippen molar-refractivity contribution in [1.82, 2.24) is 4.90 Å². The molecular weight excluding hydrogens is 322 g/mol. The van der Waals surface area contributed by atoms with Crippen LogP contribution in [0.2, 0.25) is 5.02 Å². The summed E-state index contributed by atoms with van der Waals surface area (Å²) in [7, 11) is 1.54. The van der Waals surface area contributed by atoms with Crippen molar-refractivity contribution >= 4 is 23.5 Å². The van der Waals surface area contributed by atoms with E-state index in [9.17, 15) is 14.7 Å². The van der Waals surface area contributed by atoms with Gasteiger partial charge in [-0.1, -0.05) is 17.7 Å². The zero-order valence-corrected chi connectivity index (χ0v) is 13.7. The Morgan fingerprint density at radius 2 is 2.00 bits per heavy atom. The third-order valence-electron chi connectivity index (χ3n) is 4.19. The predicted molar refractivity (Wildman–Crippen MR) is 84.7 cm³/mol. The van der Waals surface area contributed by atoms with E-state index in [0.717, 1.165) is 5.56 Å². The fourth-order valence-electron chi connectivity index (χ4n) is 2.61. The number of aliphatic hydroxyl groups is 1. The lowest BCUT2D eigenvalue weighted by atomic mass is 9.91. The van der Waals surface area contributed by atoms with E-state index in [2.05, 4.69) is 0 Å². The Labute approximate surface area is 139 Å². The van der Waals surface area contributed by atoms with Crippen molar-refractivity contribution in [3.8, 4) is 5.75 Å². The molecule has 1 aromatic rings. The lowest BCUT2D eigenvalue weighted by molar-refractivity contribution is -0.165. The fourth-order valence-corrected chi connectivity index (χ4v) is 2.89. The molecule has 0 atom stereocenters. The standard InChI is InChI=1S/C16H20ClNO5/c1-23-13-4-2-11(10-12(13)17)3-5-14(19)18-8-6-16(22,7-9-18)15(20)21/h2,4,10,22H,3,5-9H2,1H3,(H,20,21). The van der Waals surface area contributed by atoms with Crippen LogP contribution in [0.3, 0.4) is 0 Å². The number of amides is 1. The number of aliphatic carboxylic acids is 1. The quantitative estimate of drug-likeness (QED) is 0.851. The molecule has 1 fully saturated rings. The Morgan fingerprint density at radius 3 is 2.52 bits per heavy atom. The Balaban J connectivity index is 1.86. The number of carboxylic acids is 1.